The lowest BCUT2D eigenvalue weighted by Crippen LogP contribution is -2.27. The molecule has 0 aliphatic heterocycles. The summed E-state index contributed by atoms with van der Waals surface area (Å²) in [5.41, 5.74) is -0.971. The molecule has 1 N–H and O–H groups in total. The monoisotopic (exact) mass is 278 g/mol. The zero-order valence-corrected chi connectivity index (χ0v) is 12.4. The molecule has 0 fully saturated rings. The van der Waals surface area contributed by atoms with Gasteiger partial charge in [0.2, 0.25) is 0 Å². The van der Waals surface area contributed by atoms with Crippen LogP contribution in [-0.4, -0.2) is 11.7 Å². The molecule has 0 radical (unpaired) electrons. The van der Waals surface area contributed by atoms with Crippen molar-refractivity contribution in [1.82, 2.24) is 0 Å². The van der Waals surface area contributed by atoms with Crippen molar-refractivity contribution in [1.29, 1.82) is 5.26 Å². The highest BCUT2D eigenvalue weighted by Gasteiger charge is 2.24. The first-order chi connectivity index (χ1) is 9.05. The number of benzene rings is 1. The van der Waals surface area contributed by atoms with Crippen LogP contribution in [0.25, 0.3) is 0 Å². The summed E-state index contributed by atoms with van der Waals surface area (Å²) >= 11 is 0. The molecule has 5 heteroatoms. The molecule has 4 nitrogen and oxygen atoms in total. The van der Waals surface area contributed by atoms with E-state index in [1.807, 2.05) is 6.07 Å². The Labute approximate surface area is 118 Å². The molecule has 0 saturated carbocycles. The molecule has 1 amide bonds. The summed E-state index contributed by atoms with van der Waals surface area (Å²) in [5, 5.41) is 11.6. The Morgan fingerprint density at radius 1 is 1.30 bits per heavy atom. The summed E-state index contributed by atoms with van der Waals surface area (Å²) in [7, 11) is 0. The summed E-state index contributed by atoms with van der Waals surface area (Å²) < 4.78 is 18.9. The van der Waals surface area contributed by atoms with E-state index in [-0.39, 0.29) is 5.56 Å². The van der Waals surface area contributed by atoms with Gasteiger partial charge in [-0.05, 0) is 52.8 Å². The lowest BCUT2D eigenvalue weighted by atomic mass is 9.86. The fraction of sp³-hybridized carbons (Fsp3) is 0.467. The molecule has 0 saturated heterocycles. The number of ether oxygens (including phenoxy) is 1. The predicted octanol–water partition coefficient (Wildman–Crippen LogP) is 3.97. The molecule has 1 aromatic rings. The molecule has 1 rings (SSSR count). The van der Waals surface area contributed by atoms with Crippen LogP contribution in [0.5, 0.6) is 0 Å². The van der Waals surface area contributed by atoms with Gasteiger partial charge in [-0.3, -0.25) is 5.32 Å². The molecule has 0 atom stereocenters. The number of hydrogen-bond acceptors (Lipinski definition) is 3. The summed E-state index contributed by atoms with van der Waals surface area (Å²) in [5.74, 6) is -0.480. The predicted molar refractivity (Wildman–Crippen MR) is 74.9 cm³/mol. The second kappa shape index (κ2) is 5.49. The smallest absolute Gasteiger partial charge is 0.412 e. The van der Waals surface area contributed by atoms with Crippen molar-refractivity contribution in [3.8, 4) is 6.07 Å². The minimum Gasteiger partial charge on any atom is -0.444 e. The van der Waals surface area contributed by atoms with Crippen LogP contribution < -0.4 is 5.32 Å². The third-order valence-corrected chi connectivity index (χ3v) is 2.56. The van der Waals surface area contributed by atoms with E-state index in [4.69, 9.17) is 10.00 Å². The maximum Gasteiger partial charge on any atom is 0.412 e. The molecule has 0 heterocycles. The molecule has 1 aromatic carbocycles. The average molecular weight is 278 g/mol. The van der Waals surface area contributed by atoms with Gasteiger partial charge in [0, 0.05) is 11.3 Å². The fourth-order valence-electron chi connectivity index (χ4n) is 1.56. The number of halogens is 1. The number of nitrogens with zero attached hydrogens (tertiary/aromatic N) is 1. The van der Waals surface area contributed by atoms with Gasteiger partial charge in [0.05, 0.1) is 11.5 Å². The van der Waals surface area contributed by atoms with E-state index in [1.54, 1.807) is 34.6 Å². The van der Waals surface area contributed by atoms with Crippen LogP contribution in [0.15, 0.2) is 18.2 Å². The van der Waals surface area contributed by atoms with Crippen LogP contribution in [0.4, 0.5) is 14.9 Å². The number of carbonyl (C=O) groups is 1. The van der Waals surface area contributed by atoms with E-state index in [0.717, 1.165) is 0 Å². The molecule has 0 bridgehead atoms. The fourth-order valence-corrected chi connectivity index (χ4v) is 1.56. The van der Waals surface area contributed by atoms with Crippen LogP contribution in [-0.2, 0) is 10.2 Å². The maximum absolute atomic E-state index is 13.8. The number of rotatable bonds is 2. The first kappa shape index (κ1) is 16.0. The van der Waals surface area contributed by atoms with Gasteiger partial charge in [-0.15, -0.1) is 0 Å². The van der Waals surface area contributed by atoms with Crippen LogP contribution in [0.1, 0.15) is 40.2 Å². The average Bonchev–Trinajstić information content (AvgIpc) is 2.29. The Bertz CT molecular complexity index is 554. The third kappa shape index (κ3) is 4.23. The van der Waals surface area contributed by atoms with Crippen molar-refractivity contribution in [2.24, 2.45) is 0 Å². The van der Waals surface area contributed by atoms with Crippen LogP contribution >= 0.6 is 0 Å². The van der Waals surface area contributed by atoms with E-state index < -0.39 is 22.9 Å². The zero-order chi connectivity index (χ0) is 15.6. The summed E-state index contributed by atoms with van der Waals surface area (Å²) in [4.78, 5) is 11.7. The highest BCUT2D eigenvalue weighted by Crippen LogP contribution is 2.27. The van der Waals surface area contributed by atoms with Gasteiger partial charge >= 0.3 is 6.09 Å². The van der Waals surface area contributed by atoms with Crippen molar-refractivity contribution >= 4 is 11.8 Å². The molecule has 0 unspecified atom stereocenters. The summed E-state index contributed by atoms with van der Waals surface area (Å²) in [6.07, 6.45) is -0.621. The van der Waals surface area contributed by atoms with E-state index in [1.165, 1.54) is 18.2 Å². The third-order valence-electron chi connectivity index (χ3n) is 2.56. The lowest BCUT2D eigenvalue weighted by Gasteiger charge is -2.21. The molecule has 0 aliphatic rings. The number of hydrogen-bond donors (Lipinski definition) is 1. The minimum absolute atomic E-state index is 0.230. The number of amides is 1. The largest absolute Gasteiger partial charge is 0.444 e. The standard InChI is InChI=1S/C15H19FN2O2/c1-14(2,3)20-13(19)18-10-6-7-12(16)11(8-10)15(4,5)9-17/h6-8H,1-5H3,(H,18,19). The van der Waals surface area contributed by atoms with Crippen LogP contribution in [0, 0.1) is 17.1 Å². The highest BCUT2D eigenvalue weighted by atomic mass is 19.1. The maximum atomic E-state index is 13.8. The topological polar surface area (TPSA) is 62.1 Å². The van der Waals surface area contributed by atoms with Crippen molar-refractivity contribution in [3.63, 3.8) is 0 Å². The van der Waals surface area contributed by atoms with E-state index in [0.29, 0.717) is 5.69 Å². The van der Waals surface area contributed by atoms with Crippen molar-refractivity contribution < 1.29 is 13.9 Å². The van der Waals surface area contributed by atoms with Gasteiger partial charge in [-0.2, -0.15) is 5.26 Å². The van der Waals surface area contributed by atoms with E-state index >= 15 is 0 Å². The molecular formula is C15H19FN2O2. The molecule has 0 aromatic heterocycles. The van der Waals surface area contributed by atoms with Gasteiger partial charge in [0.15, 0.2) is 0 Å². The van der Waals surface area contributed by atoms with Crippen LogP contribution in [0.2, 0.25) is 0 Å². The Balaban J connectivity index is 2.98. The Morgan fingerprint density at radius 3 is 2.40 bits per heavy atom. The number of anilines is 1. The first-order valence-electron chi connectivity index (χ1n) is 6.26. The van der Waals surface area contributed by atoms with E-state index in [2.05, 4.69) is 5.32 Å². The SMILES string of the molecule is CC(C)(C)OC(=O)Nc1ccc(F)c(C(C)(C)C#N)c1. The molecular weight excluding hydrogens is 259 g/mol. The number of nitriles is 1. The van der Waals surface area contributed by atoms with Gasteiger partial charge < -0.3 is 4.74 Å². The van der Waals surface area contributed by atoms with Gasteiger partial charge in [-0.1, -0.05) is 0 Å². The van der Waals surface area contributed by atoms with Gasteiger partial charge in [0.1, 0.15) is 11.4 Å². The normalized spacial score (nSPS) is 11.7. The second-order valence-corrected chi connectivity index (χ2v) is 6.06. The first-order valence-corrected chi connectivity index (χ1v) is 6.26. The Morgan fingerprint density at radius 2 is 1.90 bits per heavy atom. The van der Waals surface area contributed by atoms with Crippen molar-refractivity contribution in [2.45, 2.75) is 45.6 Å². The number of nitrogens with one attached hydrogen (secondary N) is 1. The zero-order valence-electron chi connectivity index (χ0n) is 12.4. The summed E-state index contributed by atoms with van der Waals surface area (Å²) in [6, 6.07) is 6.13. The van der Waals surface area contributed by atoms with E-state index in [9.17, 15) is 9.18 Å². The Kier molecular flexibility index (Phi) is 4.39. The van der Waals surface area contributed by atoms with Crippen molar-refractivity contribution in [2.75, 3.05) is 5.32 Å². The quantitative estimate of drug-likeness (QED) is 0.890. The number of carbonyl (C=O) groups excluding carboxylic acids is 1. The van der Waals surface area contributed by atoms with Crippen LogP contribution in [0.3, 0.4) is 0 Å². The molecule has 20 heavy (non-hydrogen) atoms. The Hall–Kier alpha value is -2.09. The highest BCUT2D eigenvalue weighted by molar-refractivity contribution is 5.85. The summed E-state index contributed by atoms with van der Waals surface area (Å²) in [6.45, 7) is 8.48. The molecule has 0 spiro atoms. The minimum atomic E-state index is -0.976. The molecule has 108 valence electrons. The van der Waals surface area contributed by atoms with Gasteiger partial charge in [0.25, 0.3) is 0 Å². The van der Waals surface area contributed by atoms with Gasteiger partial charge in [-0.25, -0.2) is 9.18 Å². The second-order valence-electron chi connectivity index (χ2n) is 6.06. The lowest BCUT2D eigenvalue weighted by molar-refractivity contribution is 0.0636. The molecule has 0 aliphatic carbocycles. The van der Waals surface area contributed by atoms with Crippen molar-refractivity contribution in [3.05, 3.63) is 29.6 Å².